The zero-order chi connectivity index (χ0) is 12.6. The minimum absolute atomic E-state index is 0.0970. The number of aromatic nitrogens is 1. The standard InChI is InChI=1S/C13H20N2OS/c1-13(2,3)12-6-5-10-9-15(17(4)16)8-7-11(10)14-12/h5-6H,7-9H2,1-4H3. The summed E-state index contributed by atoms with van der Waals surface area (Å²) in [5.74, 6) is 0. The fraction of sp³-hybridized carbons (Fsp3) is 0.615. The molecule has 0 spiro atoms. The lowest BCUT2D eigenvalue weighted by atomic mass is 9.90. The van der Waals surface area contributed by atoms with Crippen LogP contribution in [0.1, 0.15) is 37.7 Å². The van der Waals surface area contributed by atoms with Crippen molar-refractivity contribution in [3.05, 3.63) is 29.1 Å². The van der Waals surface area contributed by atoms with Crippen LogP contribution in [0.3, 0.4) is 0 Å². The fourth-order valence-electron chi connectivity index (χ4n) is 2.03. The van der Waals surface area contributed by atoms with Crippen LogP contribution in [0.15, 0.2) is 12.1 Å². The number of nitrogens with zero attached hydrogens (tertiary/aromatic N) is 2. The van der Waals surface area contributed by atoms with E-state index < -0.39 is 11.0 Å². The smallest absolute Gasteiger partial charge is 0.0914 e. The van der Waals surface area contributed by atoms with Gasteiger partial charge in [0.15, 0.2) is 0 Å². The highest BCUT2D eigenvalue weighted by atomic mass is 32.2. The second-order valence-corrected chi connectivity index (χ2v) is 6.95. The molecule has 1 unspecified atom stereocenters. The lowest BCUT2D eigenvalue weighted by molar-refractivity contribution is 0.416. The third kappa shape index (κ3) is 2.75. The summed E-state index contributed by atoms with van der Waals surface area (Å²) >= 11 is 0. The highest BCUT2D eigenvalue weighted by Crippen LogP contribution is 2.24. The molecule has 4 heteroatoms. The largest absolute Gasteiger partial charge is 0.257 e. The molecule has 0 aliphatic carbocycles. The van der Waals surface area contributed by atoms with Gasteiger partial charge in [-0.1, -0.05) is 26.8 Å². The molecule has 0 fully saturated rings. The van der Waals surface area contributed by atoms with Gasteiger partial charge in [0.25, 0.3) is 0 Å². The van der Waals surface area contributed by atoms with Gasteiger partial charge in [-0.25, -0.2) is 8.51 Å². The van der Waals surface area contributed by atoms with E-state index in [0.717, 1.165) is 25.2 Å². The maximum atomic E-state index is 11.5. The Morgan fingerprint density at radius 2 is 2.06 bits per heavy atom. The topological polar surface area (TPSA) is 33.2 Å². The summed E-state index contributed by atoms with van der Waals surface area (Å²) in [7, 11) is -0.876. The lowest BCUT2D eigenvalue weighted by Gasteiger charge is -2.27. The highest BCUT2D eigenvalue weighted by molar-refractivity contribution is 7.81. The lowest BCUT2D eigenvalue weighted by Crippen LogP contribution is -2.32. The Labute approximate surface area is 106 Å². The predicted molar refractivity (Wildman–Crippen MR) is 71.1 cm³/mol. The molecule has 2 heterocycles. The minimum Gasteiger partial charge on any atom is -0.257 e. The third-order valence-corrected chi connectivity index (χ3v) is 4.18. The molecule has 1 atom stereocenters. The molecule has 3 nitrogen and oxygen atoms in total. The SMILES string of the molecule is CS(=O)N1CCc2nc(C(C)(C)C)ccc2C1. The molecule has 0 aromatic carbocycles. The van der Waals surface area contributed by atoms with Gasteiger partial charge in [-0.05, 0) is 11.6 Å². The van der Waals surface area contributed by atoms with Gasteiger partial charge in [-0.15, -0.1) is 0 Å². The summed E-state index contributed by atoms with van der Waals surface area (Å²) in [6.07, 6.45) is 2.64. The Balaban J connectivity index is 2.29. The van der Waals surface area contributed by atoms with Crippen molar-refractivity contribution in [2.45, 2.75) is 39.2 Å². The van der Waals surface area contributed by atoms with Crippen molar-refractivity contribution in [2.75, 3.05) is 12.8 Å². The first-order valence-corrected chi connectivity index (χ1v) is 7.47. The summed E-state index contributed by atoms with van der Waals surface area (Å²) in [6, 6.07) is 4.24. The van der Waals surface area contributed by atoms with E-state index >= 15 is 0 Å². The first-order chi connectivity index (χ1) is 7.88. The van der Waals surface area contributed by atoms with E-state index in [9.17, 15) is 4.21 Å². The van der Waals surface area contributed by atoms with Gasteiger partial charge in [-0.2, -0.15) is 0 Å². The minimum atomic E-state index is -0.876. The van der Waals surface area contributed by atoms with Crippen LogP contribution in [0.2, 0.25) is 0 Å². The van der Waals surface area contributed by atoms with Gasteiger partial charge < -0.3 is 0 Å². The van der Waals surface area contributed by atoms with Gasteiger partial charge in [0.05, 0.1) is 11.0 Å². The molecular weight excluding hydrogens is 232 g/mol. The van der Waals surface area contributed by atoms with E-state index in [0.29, 0.717) is 0 Å². The zero-order valence-corrected chi connectivity index (χ0v) is 11.8. The van der Waals surface area contributed by atoms with E-state index in [1.54, 1.807) is 6.26 Å². The number of fused-ring (bicyclic) bond motifs is 1. The quantitative estimate of drug-likeness (QED) is 0.766. The molecular formula is C13H20N2OS. The molecule has 0 bridgehead atoms. The van der Waals surface area contributed by atoms with Crippen LogP contribution in [0, 0.1) is 0 Å². The van der Waals surface area contributed by atoms with E-state index in [-0.39, 0.29) is 5.41 Å². The first kappa shape index (κ1) is 12.7. The summed E-state index contributed by atoms with van der Waals surface area (Å²) in [5.41, 5.74) is 3.64. The average molecular weight is 252 g/mol. The molecule has 1 aromatic heterocycles. The van der Waals surface area contributed by atoms with Gasteiger partial charge in [-0.3, -0.25) is 4.98 Å². The molecule has 0 radical (unpaired) electrons. The second kappa shape index (κ2) is 4.50. The fourth-order valence-corrected chi connectivity index (χ4v) is 2.70. The zero-order valence-electron chi connectivity index (χ0n) is 11.0. The number of hydrogen-bond donors (Lipinski definition) is 0. The van der Waals surface area contributed by atoms with E-state index in [2.05, 4.69) is 32.9 Å². The number of hydrogen-bond acceptors (Lipinski definition) is 2. The molecule has 1 aliphatic heterocycles. The molecule has 0 saturated heterocycles. The van der Waals surface area contributed by atoms with Gasteiger partial charge in [0.1, 0.15) is 0 Å². The van der Waals surface area contributed by atoms with Crippen molar-refractivity contribution in [1.29, 1.82) is 0 Å². The summed E-state index contributed by atoms with van der Waals surface area (Å²) in [4.78, 5) is 4.75. The molecule has 1 aromatic rings. The summed E-state index contributed by atoms with van der Waals surface area (Å²) in [5, 5.41) is 0. The van der Waals surface area contributed by atoms with Gasteiger partial charge >= 0.3 is 0 Å². The van der Waals surface area contributed by atoms with Crippen molar-refractivity contribution >= 4 is 11.0 Å². The molecule has 0 N–H and O–H groups in total. The number of pyridine rings is 1. The Bertz CT molecular complexity index is 451. The Morgan fingerprint density at radius 1 is 1.35 bits per heavy atom. The Kier molecular flexibility index (Phi) is 3.36. The van der Waals surface area contributed by atoms with Crippen LogP contribution in [0.4, 0.5) is 0 Å². The van der Waals surface area contributed by atoms with Crippen molar-refractivity contribution in [1.82, 2.24) is 9.29 Å². The Hall–Kier alpha value is -0.740. The van der Waals surface area contributed by atoms with Crippen LogP contribution in [-0.2, 0) is 29.4 Å². The van der Waals surface area contributed by atoms with Crippen LogP contribution in [0.25, 0.3) is 0 Å². The van der Waals surface area contributed by atoms with Gasteiger partial charge in [0, 0.05) is 42.6 Å². The van der Waals surface area contributed by atoms with E-state index in [4.69, 9.17) is 4.98 Å². The van der Waals surface area contributed by atoms with Gasteiger partial charge in [0.2, 0.25) is 0 Å². The predicted octanol–water partition coefficient (Wildman–Crippen LogP) is 2.03. The Morgan fingerprint density at radius 3 is 2.65 bits per heavy atom. The molecule has 0 amide bonds. The normalized spacial score (nSPS) is 18.8. The molecule has 2 rings (SSSR count). The van der Waals surface area contributed by atoms with Crippen LogP contribution in [-0.4, -0.2) is 26.3 Å². The highest BCUT2D eigenvalue weighted by Gasteiger charge is 2.22. The maximum absolute atomic E-state index is 11.5. The first-order valence-electron chi connectivity index (χ1n) is 5.95. The monoisotopic (exact) mass is 252 g/mol. The molecule has 0 saturated carbocycles. The number of rotatable bonds is 1. The summed E-state index contributed by atoms with van der Waals surface area (Å²) < 4.78 is 13.4. The van der Waals surface area contributed by atoms with Crippen LogP contribution >= 0.6 is 0 Å². The molecule has 1 aliphatic rings. The van der Waals surface area contributed by atoms with Crippen molar-refractivity contribution in [3.63, 3.8) is 0 Å². The second-order valence-electron chi connectivity index (χ2n) is 5.59. The van der Waals surface area contributed by atoms with Crippen molar-refractivity contribution in [3.8, 4) is 0 Å². The van der Waals surface area contributed by atoms with E-state index in [1.807, 2.05) is 4.31 Å². The third-order valence-electron chi connectivity index (χ3n) is 3.15. The molecule has 94 valence electrons. The van der Waals surface area contributed by atoms with Crippen LogP contribution in [0.5, 0.6) is 0 Å². The average Bonchev–Trinajstić information content (AvgIpc) is 2.26. The van der Waals surface area contributed by atoms with E-state index in [1.165, 1.54) is 11.3 Å². The van der Waals surface area contributed by atoms with Crippen molar-refractivity contribution < 1.29 is 4.21 Å². The van der Waals surface area contributed by atoms with Crippen LogP contribution < -0.4 is 0 Å². The molecule has 17 heavy (non-hydrogen) atoms. The van der Waals surface area contributed by atoms with Crippen molar-refractivity contribution in [2.24, 2.45) is 0 Å². The summed E-state index contributed by atoms with van der Waals surface area (Å²) in [6.45, 7) is 8.14. The maximum Gasteiger partial charge on any atom is 0.0914 e.